The molecule has 0 aliphatic heterocycles. The molecule has 0 radical (unpaired) electrons. The Morgan fingerprint density at radius 3 is 2.67 bits per heavy atom. The number of carbonyl (C=O) groups excluding carboxylic acids is 1. The second kappa shape index (κ2) is 5.35. The van der Waals surface area contributed by atoms with E-state index in [-0.39, 0.29) is 5.57 Å². The highest BCUT2D eigenvalue weighted by Crippen LogP contribution is 2.24. The number of esters is 1. The summed E-state index contributed by atoms with van der Waals surface area (Å²) in [5, 5.41) is 10.4. The van der Waals surface area contributed by atoms with Crippen LogP contribution in [0, 0.1) is 10.1 Å². The summed E-state index contributed by atoms with van der Waals surface area (Å²) in [6, 6.07) is 0. The van der Waals surface area contributed by atoms with Crippen molar-refractivity contribution in [1.29, 1.82) is 0 Å². The number of ether oxygens (including phenoxy) is 1. The molecule has 96 valence electrons. The number of rotatable bonds is 3. The second-order valence-electron chi connectivity index (χ2n) is 3.48. The van der Waals surface area contributed by atoms with E-state index in [0.717, 1.165) is 6.08 Å². The molecule has 0 bridgehead atoms. The standard InChI is InChI=1S/C11H9F2NO4/c1-6(2)11(15)18-7-3-4-8(12)10(14(16)17)9(13)5-7/h3-5,7H,1H2,2H3. The Hall–Kier alpha value is -2.31. The van der Waals surface area contributed by atoms with Crippen molar-refractivity contribution >= 4 is 5.97 Å². The van der Waals surface area contributed by atoms with E-state index < -0.39 is 34.3 Å². The van der Waals surface area contributed by atoms with Crippen molar-refractivity contribution in [3.63, 3.8) is 0 Å². The van der Waals surface area contributed by atoms with E-state index in [1.165, 1.54) is 6.92 Å². The number of allylic oxidation sites excluding steroid dienone is 3. The molecule has 0 aromatic carbocycles. The third-order valence-electron chi connectivity index (χ3n) is 1.97. The van der Waals surface area contributed by atoms with Crippen molar-refractivity contribution in [2.24, 2.45) is 0 Å². The normalized spacial score (nSPS) is 19.1. The van der Waals surface area contributed by atoms with E-state index in [0.29, 0.717) is 12.2 Å². The van der Waals surface area contributed by atoms with E-state index in [1.54, 1.807) is 0 Å². The van der Waals surface area contributed by atoms with Crippen molar-refractivity contribution in [2.45, 2.75) is 13.0 Å². The van der Waals surface area contributed by atoms with Gasteiger partial charge in [0.05, 0.1) is 4.92 Å². The van der Waals surface area contributed by atoms with Gasteiger partial charge < -0.3 is 4.74 Å². The van der Waals surface area contributed by atoms with E-state index in [2.05, 4.69) is 6.58 Å². The highest BCUT2D eigenvalue weighted by Gasteiger charge is 2.27. The van der Waals surface area contributed by atoms with Crippen LogP contribution >= 0.6 is 0 Å². The van der Waals surface area contributed by atoms with Gasteiger partial charge in [-0.2, -0.15) is 8.78 Å². The monoisotopic (exact) mass is 257 g/mol. The SMILES string of the molecule is C=C(C)C(=O)OC1C=CC(F)=C([N+](=O)[O-])C(F)=C1. The van der Waals surface area contributed by atoms with Crippen molar-refractivity contribution in [1.82, 2.24) is 0 Å². The van der Waals surface area contributed by atoms with Gasteiger partial charge in [-0.25, -0.2) is 4.79 Å². The van der Waals surface area contributed by atoms with Crippen LogP contribution in [0.5, 0.6) is 0 Å². The molecule has 0 saturated carbocycles. The highest BCUT2D eigenvalue weighted by molar-refractivity contribution is 5.87. The van der Waals surface area contributed by atoms with Crippen LogP contribution in [0.4, 0.5) is 8.78 Å². The highest BCUT2D eigenvalue weighted by atomic mass is 19.1. The lowest BCUT2D eigenvalue weighted by Gasteiger charge is -2.09. The summed E-state index contributed by atoms with van der Waals surface area (Å²) >= 11 is 0. The van der Waals surface area contributed by atoms with Crippen LogP contribution in [-0.4, -0.2) is 17.0 Å². The van der Waals surface area contributed by atoms with E-state index in [1.807, 2.05) is 0 Å². The maximum absolute atomic E-state index is 13.4. The molecule has 0 aromatic heterocycles. The van der Waals surface area contributed by atoms with Gasteiger partial charge in [0.15, 0.2) is 0 Å². The van der Waals surface area contributed by atoms with Crippen molar-refractivity contribution in [2.75, 3.05) is 0 Å². The second-order valence-corrected chi connectivity index (χ2v) is 3.48. The fourth-order valence-corrected chi connectivity index (χ4v) is 1.12. The van der Waals surface area contributed by atoms with Gasteiger partial charge in [0.25, 0.3) is 0 Å². The molecule has 1 unspecified atom stereocenters. The van der Waals surface area contributed by atoms with Crippen LogP contribution in [0.3, 0.4) is 0 Å². The van der Waals surface area contributed by atoms with Crippen LogP contribution in [0.15, 0.2) is 47.7 Å². The first kappa shape index (κ1) is 13.8. The predicted octanol–water partition coefficient (Wildman–Crippen LogP) is 2.36. The van der Waals surface area contributed by atoms with Crippen molar-refractivity contribution in [3.8, 4) is 0 Å². The Bertz CT molecular complexity index is 505. The molecule has 0 heterocycles. The molecule has 1 rings (SSSR count). The first-order chi connectivity index (χ1) is 8.32. The maximum atomic E-state index is 13.4. The number of hydrogen-bond donors (Lipinski definition) is 0. The maximum Gasteiger partial charge on any atom is 0.339 e. The summed E-state index contributed by atoms with van der Waals surface area (Å²) in [6.07, 6.45) is 1.09. The zero-order chi connectivity index (χ0) is 13.9. The predicted molar refractivity (Wildman–Crippen MR) is 58.2 cm³/mol. The summed E-state index contributed by atoms with van der Waals surface area (Å²) in [5.74, 6) is -3.55. The summed E-state index contributed by atoms with van der Waals surface area (Å²) in [7, 11) is 0. The number of halogens is 2. The van der Waals surface area contributed by atoms with Crippen LogP contribution in [0.25, 0.3) is 0 Å². The first-order valence-electron chi connectivity index (χ1n) is 4.79. The molecule has 0 amide bonds. The largest absolute Gasteiger partial charge is 0.450 e. The fraction of sp³-hybridized carbons (Fsp3) is 0.182. The molecular formula is C11H9F2NO4. The Morgan fingerprint density at radius 1 is 1.56 bits per heavy atom. The third kappa shape index (κ3) is 3.09. The van der Waals surface area contributed by atoms with Crippen LogP contribution in [0.2, 0.25) is 0 Å². The Morgan fingerprint density at radius 2 is 2.17 bits per heavy atom. The van der Waals surface area contributed by atoms with Gasteiger partial charge in [0, 0.05) is 11.6 Å². The Labute approximate surface area is 101 Å². The molecule has 1 aliphatic rings. The lowest BCUT2D eigenvalue weighted by atomic mass is 10.3. The van der Waals surface area contributed by atoms with Gasteiger partial charge in [-0.05, 0) is 19.1 Å². The van der Waals surface area contributed by atoms with E-state index in [4.69, 9.17) is 4.74 Å². The molecular weight excluding hydrogens is 248 g/mol. The molecule has 0 N–H and O–H groups in total. The zero-order valence-corrected chi connectivity index (χ0v) is 9.35. The lowest BCUT2D eigenvalue weighted by Crippen LogP contribution is -2.14. The molecule has 18 heavy (non-hydrogen) atoms. The fourth-order valence-electron chi connectivity index (χ4n) is 1.12. The van der Waals surface area contributed by atoms with Gasteiger partial charge in [-0.3, -0.25) is 10.1 Å². The molecule has 0 spiro atoms. The number of carbonyl (C=O) groups is 1. The molecule has 1 aliphatic carbocycles. The summed E-state index contributed by atoms with van der Waals surface area (Å²) in [4.78, 5) is 20.4. The van der Waals surface area contributed by atoms with Crippen molar-refractivity contribution in [3.05, 3.63) is 57.8 Å². The first-order valence-corrected chi connectivity index (χ1v) is 4.79. The number of nitrogens with zero attached hydrogens (tertiary/aromatic N) is 1. The summed E-state index contributed by atoms with van der Waals surface area (Å²) < 4.78 is 31.3. The molecule has 0 aromatic rings. The van der Waals surface area contributed by atoms with E-state index >= 15 is 0 Å². The molecule has 7 heteroatoms. The quantitative estimate of drug-likeness (QED) is 0.337. The average molecular weight is 257 g/mol. The minimum atomic E-state index is -1.40. The summed E-state index contributed by atoms with van der Waals surface area (Å²) in [5.41, 5.74) is -1.22. The number of hydrogen-bond acceptors (Lipinski definition) is 4. The average Bonchev–Trinajstić information content (AvgIpc) is 2.37. The van der Waals surface area contributed by atoms with Crippen LogP contribution in [-0.2, 0) is 9.53 Å². The van der Waals surface area contributed by atoms with Crippen LogP contribution in [0.1, 0.15) is 6.92 Å². The zero-order valence-electron chi connectivity index (χ0n) is 9.35. The lowest BCUT2D eigenvalue weighted by molar-refractivity contribution is -0.424. The molecule has 1 atom stereocenters. The Balaban J connectivity index is 3.00. The van der Waals surface area contributed by atoms with Gasteiger partial charge in [-0.1, -0.05) is 6.58 Å². The topological polar surface area (TPSA) is 69.4 Å². The third-order valence-corrected chi connectivity index (χ3v) is 1.97. The van der Waals surface area contributed by atoms with Crippen LogP contribution < -0.4 is 0 Å². The van der Waals surface area contributed by atoms with Gasteiger partial charge in [0.1, 0.15) is 6.10 Å². The van der Waals surface area contributed by atoms with Gasteiger partial charge in [-0.15, -0.1) is 0 Å². The van der Waals surface area contributed by atoms with Gasteiger partial charge >= 0.3 is 11.7 Å². The number of nitro groups is 1. The molecule has 5 nitrogen and oxygen atoms in total. The minimum Gasteiger partial charge on any atom is -0.450 e. The molecule has 0 saturated heterocycles. The summed E-state index contributed by atoms with van der Waals surface area (Å²) in [6.45, 7) is 4.69. The van der Waals surface area contributed by atoms with E-state index in [9.17, 15) is 23.7 Å². The molecule has 0 fully saturated rings. The minimum absolute atomic E-state index is 0.0735. The smallest absolute Gasteiger partial charge is 0.339 e. The van der Waals surface area contributed by atoms with Gasteiger partial charge in [0.2, 0.25) is 11.7 Å². The van der Waals surface area contributed by atoms with Crippen molar-refractivity contribution < 1.29 is 23.2 Å². The Kier molecular flexibility index (Phi) is 4.09.